The molecule has 0 fully saturated rings. The van der Waals surface area contributed by atoms with E-state index < -0.39 is 0 Å². The lowest BCUT2D eigenvalue weighted by Gasteiger charge is -2.20. The van der Waals surface area contributed by atoms with Gasteiger partial charge in [0.15, 0.2) is 11.5 Å². The number of aromatic nitrogens is 1. The minimum absolute atomic E-state index is 0.188. The number of ether oxygens (including phenoxy) is 3. The third kappa shape index (κ3) is 4.02. The van der Waals surface area contributed by atoms with Crippen LogP contribution in [0.25, 0.3) is 0 Å². The Morgan fingerprint density at radius 2 is 1.76 bits per heavy atom. The summed E-state index contributed by atoms with van der Waals surface area (Å²) >= 11 is 0. The smallest absolute Gasteiger partial charge is 0.255 e. The summed E-state index contributed by atoms with van der Waals surface area (Å²) in [5.74, 6) is 1.14. The van der Waals surface area contributed by atoms with Gasteiger partial charge in [0.1, 0.15) is 5.75 Å². The van der Waals surface area contributed by atoms with Crippen molar-refractivity contribution in [2.45, 2.75) is 26.3 Å². The summed E-state index contributed by atoms with van der Waals surface area (Å²) in [6.07, 6.45) is 2.45. The van der Waals surface area contributed by atoms with Crippen molar-refractivity contribution in [1.82, 2.24) is 10.3 Å². The molecule has 2 aromatic rings. The van der Waals surface area contributed by atoms with Crippen molar-refractivity contribution in [3.8, 4) is 17.2 Å². The number of amides is 1. The molecule has 0 aliphatic rings. The lowest BCUT2D eigenvalue weighted by Crippen LogP contribution is -2.29. The number of methoxy groups -OCH3 is 3. The van der Waals surface area contributed by atoms with Gasteiger partial charge in [-0.2, -0.15) is 0 Å². The molecule has 0 aliphatic carbocycles. The molecule has 0 aliphatic heterocycles. The first-order chi connectivity index (χ1) is 12.0. The van der Waals surface area contributed by atoms with Crippen molar-refractivity contribution in [2.24, 2.45) is 0 Å². The summed E-state index contributed by atoms with van der Waals surface area (Å²) in [5.41, 5.74) is 2.28. The van der Waals surface area contributed by atoms with Gasteiger partial charge in [0.2, 0.25) is 0 Å². The number of rotatable bonds is 7. The number of benzene rings is 1. The first kappa shape index (κ1) is 18.6. The molecular formula is C19H24N2O4. The van der Waals surface area contributed by atoms with Crippen molar-refractivity contribution >= 4 is 5.91 Å². The summed E-state index contributed by atoms with van der Waals surface area (Å²) < 4.78 is 15.9. The van der Waals surface area contributed by atoms with Crippen LogP contribution in [0.5, 0.6) is 17.2 Å². The Kier molecular flexibility index (Phi) is 6.22. The molecule has 6 nitrogen and oxygen atoms in total. The molecule has 0 saturated heterocycles. The SMILES string of the molecule is CC[C@@H](NC(=O)c1cc(OC)c(OC)cc1OC)c1ncccc1C. The molecule has 1 N–H and O–H groups in total. The van der Waals surface area contributed by atoms with E-state index in [4.69, 9.17) is 14.2 Å². The third-order valence-corrected chi connectivity index (χ3v) is 4.04. The Labute approximate surface area is 148 Å². The number of aryl methyl sites for hydroxylation is 1. The molecule has 2 rings (SSSR count). The first-order valence-corrected chi connectivity index (χ1v) is 8.08. The van der Waals surface area contributed by atoms with Gasteiger partial charge in [0.05, 0.1) is 38.6 Å². The van der Waals surface area contributed by atoms with Gasteiger partial charge >= 0.3 is 0 Å². The summed E-state index contributed by atoms with van der Waals surface area (Å²) in [4.78, 5) is 17.2. The number of hydrogen-bond donors (Lipinski definition) is 1. The van der Waals surface area contributed by atoms with Crippen LogP contribution in [0.1, 0.15) is 41.0 Å². The van der Waals surface area contributed by atoms with Crippen LogP contribution in [-0.4, -0.2) is 32.2 Å². The first-order valence-electron chi connectivity index (χ1n) is 8.08. The minimum atomic E-state index is -0.255. The Morgan fingerprint density at radius 1 is 1.12 bits per heavy atom. The molecular weight excluding hydrogens is 320 g/mol. The molecule has 1 heterocycles. The maximum Gasteiger partial charge on any atom is 0.255 e. The second-order valence-corrected chi connectivity index (χ2v) is 5.55. The number of nitrogens with one attached hydrogen (secondary N) is 1. The molecule has 0 bridgehead atoms. The van der Waals surface area contributed by atoms with Gasteiger partial charge in [-0.3, -0.25) is 9.78 Å². The van der Waals surface area contributed by atoms with E-state index in [0.29, 0.717) is 22.8 Å². The van der Waals surface area contributed by atoms with E-state index in [9.17, 15) is 4.79 Å². The topological polar surface area (TPSA) is 69.7 Å². The van der Waals surface area contributed by atoms with Gasteiger partial charge in [-0.15, -0.1) is 0 Å². The van der Waals surface area contributed by atoms with Crippen LogP contribution in [0.15, 0.2) is 30.5 Å². The molecule has 1 atom stereocenters. The maximum atomic E-state index is 12.8. The van der Waals surface area contributed by atoms with E-state index in [1.54, 1.807) is 18.3 Å². The van der Waals surface area contributed by atoms with E-state index in [2.05, 4.69) is 10.3 Å². The quantitative estimate of drug-likeness (QED) is 0.834. The molecule has 0 saturated carbocycles. The standard InChI is InChI=1S/C19H24N2O4/c1-6-14(18-12(2)8-7-9-20-18)21-19(22)13-10-16(24-4)17(25-5)11-15(13)23-3/h7-11,14H,6H2,1-5H3,(H,21,22)/t14-/m1/s1. The number of carbonyl (C=O) groups is 1. The fourth-order valence-corrected chi connectivity index (χ4v) is 2.67. The van der Waals surface area contributed by atoms with Crippen molar-refractivity contribution in [3.63, 3.8) is 0 Å². The molecule has 0 unspecified atom stereocenters. The van der Waals surface area contributed by atoms with Gasteiger partial charge in [-0.1, -0.05) is 13.0 Å². The van der Waals surface area contributed by atoms with Crippen LogP contribution in [0.4, 0.5) is 0 Å². The predicted molar refractivity (Wildman–Crippen MR) is 95.6 cm³/mol. The highest BCUT2D eigenvalue weighted by Crippen LogP contribution is 2.35. The van der Waals surface area contributed by atoms with Crippen LogP contribution in [0.2, 0.25) is 0 Å². The molecule has 6 heteroatoms. The Hall–Kier alpha value is -2.76. The zero-order valence-corrected chi connectivity index (χ0v) is 15.3. The molecule has 0 spiro atoms. The van der Waals surface area contributed by atoms with Gasteiger partial charge in [0, 0.05) is 18.3 Å². The normalized spacial score (nSPS) is 11.6. The largest absolute Gasteiger partial charge is 0.496 e. The monoisotopic (exact) mass is 344 g/mol. The van der Waals surface area contributed by atoms with Crippen LogP contribution in [-0.2, 0) is 0 Å². The minimum Gasteiger partial charge on any atom is -0.496 e. The molecule has 25 heavy (non-hydrogen) atoms. The predicted octanol–water partition coefficient (Wildman–Crippen LogP) is 3.30. The molecule has 134 valence electrons. The highest BCUT2D eigenvalue weighted by molar-refractivity contribution is 5.98. The Bertz CT molecular complexity index is 746. The van der Waals surface area contributed by atoms with Crippen LogP contribution < -0.4 is 19.5 Å². The number of pyridine rings is 1. The average Bonchev–Trinajstić information content (AvgIpc) is 2.65. The second-order valence-electron chi connectivity index (χ2n) is 5.55. The van der Waals surface area contributed by atoms with E-state index in [1.165, 1.54) is 21.3 Å². The molecule has 1 amide bonds. The van der Waals surface area contributed by atoms with Crippen molar-refractivity contribution in [1.29, 1.82) is 0 Å². The fraction of sp³-hybridized carbons (Fsp3) is 0.368. The van der Waals surface area contributed by atoms with E-state index in [0.717, 1.165) is 17.7 Å². The Balaban J connectivity index is 2.35. The van der Waals surface area contributed by atoms with Gasteiger partial charge in [-0.25, -0.2) is 0 Å². The maximum absolute atomic E-state index is 12.8. The summed E-state index contributed by atoms with van der Waals surface area (Å²) in [7, 11) is 4.57. The molecule has 1 aromatic heterocycles. The summed E-state index contributed by atoms with van der Waals surface area (Å²) in [5, 5.41) is 3.03. The van der Waals surface area contributed by atoms with Crippen LogP contribution in [0, 0.1) is 6.92 Å². The highest BCUT2D eigenvalue weighted by Gasteiger charge is 2.21. The van der Waals surface area contributed by atoms with Crippen molar-refractivity contribution < 1.29 is 19.0 Å². The lowest BCUT2D eigenvalue weighted by molar-refractivity contribution is 0.0931. The highest BCUT2D eigenvalue weighted by atomic mass is 16.5. The van der Waals surface area contributed by atoms with E-state index in [1.807, 2.05) is 26.0 Å². The zero-order valence-electron chi connectivity index (χ0n) is 15.3. The lowest BCUT2D eigenvalue weighted by atomic mass is 10.0. The van der Waals surface area contributed by atoms with E-state index in [-0.39, 0.29) is 11.9 Å². The third-order valence-electron chi connectivity index (χ3n) is 4.04. The molecule has 1 aromatic carbocycles. The summed E-state index contributed by atoms with van der Waals surface area (Å²) in [6.45, 7) is 3.99. The van der Waals surface area contributed by atoms with Crippen molar-refractivity contribution in [3.05, 3.63) is 47.3 Å². The van der Waals surface area contributed by atoms with Crippen LogP contribution >= 0.6 is 0 Å². The fourth-order valence-electron chi connectivity index (χ4n) is 2.67. The zero-order chi connectivity index (χ0) is 18.4. The second kappa shape index (κ2) is 8.37. The molecule has 0 radical (unpaired) electrons. The van der Waals surface area contributed by atoms with Crippen molar-refractivity contribution in [2.75, 3.05) is 21.3 Å². The average molecular weight is 344 g/mol. The summed E-state index contributed by atoms with van der Waals surface area (Å²) in [6, 6.07) is 6.93. The number of carbonyl (C=O) groups excluding carboxylic acids is 1. The van der Waals surface area contributed by atoms with Gasteiger partial charge in [-0.05, 0) is 25.0 Å². The van der Waals surface area contributed by atoms with Gasteiger partial charge in [0.25, 0.3) is 5.91 Å². The van der Waals surface area contributed by atoms with E-state index >= 15 is 0 Å². The number of hydrogen-bond acceptors (Lipinski definition) is 5. The number of nitrogens with zero attached hydrogens (tertiary/aromatic N) is 1. The van der Waals surface area contributed by atoms with Gasteiger partial charge < -0.3 is 19.5 Å². The van der Waals surface area contributed by atoms with Crippen LogP contribution in [0.3, 0.4) is 0 Å². The Morgan fingerprint density at radius 3 is 2.32 bits per heavy atom.